The van der Waals surface area contributed by atoms with Crippen molar-refractivity contribution in [3.8, 4) is 11.1 Å². The fourth-order valence-electron chi connectivity index (χ4n) is 3.40. The Morgan fingerprint density at radius 3 is 2.52 bits per heavy atom. The number of nitrogens with zero attached hydrogens (tertiary/aromatic N) is 3. The molecule has 172 valence electrons. The summed E-state index contributed by atoms with van der Waals surface area (Å²) >= 11 is 0. The molecular weight excluding hydrogens is 423 g/mol. The summed E-state index contributed by atoms with van der Waals surface area (Å²) < 4.78 is 19.1. The number of hydrogen-bond acceptors (Lipinski definition) is 6. The van der Waals surface area contributed by atoms with Crippen LogP contribution < -0.4 is 5.32 Å². The number of halogens is 1. The number of carbonyl (C=O) groups excluding carboxylic acids is 2. The first kappa shape index (κ1) is 22.8. The Balaban J connectivity index is 1.42. The van der Waals surface area contributed by atoms with Crippen LogP contribution in [0.4, 0.5) is 10.2 Å². The molecule has 3 aromatic rings. The van der Waals surface area contributed by atoms with E-state index in [9.17, 15) is 14.0 Å². The van der Waals surface area contributed by atoms with Gasteiger partial charge in [0.05, 0.1) is 0 Å². The fraction of sp³-hybridized carbons (Fsp3) is 0.400. The van der Waals surface area contributed by atoms with Crippen LogP contribution in [0.15, 0.2) is 41.1 Å². The number of hydrogen-bond donors (Lipinski definition) is 1. The summed E-state index contributed by atoms with van der Waals surface area (Å²) in [7, 11) is 0. The third kappa shape index (κ3) is 5.16. The summed E-state index contributed by atoms with van der Waals surface area (Å²) in [5, 5.41) is 6.38. The minimum Gasteiger partial charge on any atom is -0.338 e. The molecule has 0 unspecified atom stereocenters. The zero-order valence-corrected chi connectivity index (χ0v) is 19.2. The summed E-state index contributed by atoms with van der Waals surface area (Å²) in [5.41, 5.74) is 1.82. The van der Waals surface area contributed by atoms with Gasteiger partial charge in [-0.15, -0.1) is 0 Å². The number of amides is 1. The van der Waals surface area contributed by atoms with Crippen LogP contribution in [0.1, 0.15) is 67.7 Å². The maximum absolute atomic E-state index is 13.9. The van der Waals surface area contributed by atoms with Crippen molar-refractivity contribution in [2.75, 3.05) is 5.32 Å². The largest absolute Gasteiger partial charge is 0.338 e. The highest BCUT2D eigenvalue weighted by atomic mass is 19.1. The van der Waals surface area contributed by atoms with E-state index in [0.717, 1.165) is 22.3 Å². The average molecular weight is 451 g/mol. The van der Waals surface area contributed by atoms with Crippen LogP contribution in [0, 0.1) is 6.92 Å². The van der Waals surface area contributed by atoms with Crippen LogP contribution in [-0.4, -0.2) is 32.5 Å². The molecule has 1 aliphatic rings. The van der Waals surface area contributed by atoms with Gasteiger partial charge in [-0.1, -0.05) is 44.1 Å². The Morgan fingerprint density at radius 1 is 1.15 bits per heavy atom. The highest BCUT2D eigenvalue weighted by Crippen LogP contribution is 2.40. The van der Waals surface area contributed by atoms with Gasteiger partial charge in [-0.2, -0.15) is 4.98 Å². The topological polar surface area (TPSA) is 98.0 Å². The SMILES string of the molecule is Cc1cc(-c2ccnc(NC(=O)C3(F)CC3)c2)ccc1CCC(=O)c1noc(C(C)(C)C)n1. The lowest BCUT2D eigenvalue weighted by Crippen LogP contribution is -2.25. The molecule has 1 fully saturated rings. The molecule has 0 atom stereocenters. The Bertz CT molecular complexity index is 1210. The molecule has 0 spiro atoms. The van der Waals surface area contributed by atoms with Gasteiger partial charge >= 0.3 is 0 Å². The van der Waals surface area contributed by atoms with Crippen molar-refractivity contribution in [3.63, 3.8) is 0 Å². The highest BCUT2D eigenvalue weighted by Gasteiger charge is 2.51. The van der Waals surface area contributed by atoms with Crippen LogP contribution in [0.5, 0.6) is 0 Å². The number of benzene rings is 1. The molecule has 4 rings (SSSR count). The van der Waals surface area contributed by atoms with Crippen molar-refractivity contribution in [2.45, 2.75) is 64.5 Å². The second kappa shape index (κ2) is 8.50. The highest BCUT2D eigenvalue weighted by molar-refractivity contribution is 5.99. The monoisotopic (exact) mass is 450 g/mol. The van der Waals surface area contributed by atoms with Crippen molar-refractivity contribution in [3.05, 3.63) is 59.4 Å². The average Bonchev–Trinajstić information content (AvgIpc) is 3.31. The summed E-state index contributed by atoms with van der Waals surface area (Å²) in [6, 6.07) is 9.51. The maximum Gasteiger partial charge on any atom is 0.263 e. The summed E-state index contributed by atoms with van der Waals surface area (Å²) in [6.45, 7) is 7.83. The van der Waals surface area contributed by atoms with Gasteiger partial charge in [-0.25, -0.2) is 9.37 Å². The van der Waals surface area contributed by atoms with Crippen molar-refractivity contribution in [1.29, 1.82) is 0 Å². The van der Waals surface area contributed by atoms with Gasteiger partial charge in [0.25, 0.3) is 5.91 Å². The number of aromatic nitrogens is 3. The molecule has 33 heavy (non-hydrogen) atoms. The van der Waals surface area contributed by atoms with Crippen molar-refractivity contribution in [1.82, 2.24) is 15.1 Å². The molecule has 8 heteroatoms. The smallest absolute Gasteiger partial charge is 0.263 e. The van der Waals surface area contributed by atoms with Gasteiger partial charge in [0.15, 0.2) is 5.67 Å². The molecule has 1 aromatic carbocycles. The fourth-order valence-corrected chi connectivity index (χ4v) is 3.40. The second-order valence-electron chi connectivity index (χ2n) is 9.59. The number of rotatable bonds is 7. The standard InChI is InChI=1S/C25H27FN4O3/c1-15-13-17(18-9-12-27-20(14-18)28-22(32)25(26)10-11-25)6-5-16(15)7-8-19(31)21-29-23(33-30-21)24(2,3)4/h5-6,9,12-14H,7-8,10-11H2,1-4H3,(H,27,28,32). The molecule has 1 saturated carbocycles. The summed E-state index contributed by atoms with van der Waals surface area (Å²) in [6.07, 6.45) is 2.93. The Labute approximate surface area is 191 Å². The summed E-state index contributed by atoms with van der Waals surface area (Å²) in [5.74, 6) is 0.0801. The minimum absolute atomic E-state index is 0.113. The van der Waals surface area contributed by atoms with Gasteiger partial charge in [0, 0.05) is 18.0 Å². The molecule has 1 amide bonds. The van der Waals surface area contributed by atoms with E-state index in [-0.39, 0.29) is 36.3 Å². The van der Waals surface area contributed by atoms with Gasteiger partial charge in [0.2, 0.25) is 17.5 Å². The second-order valence-corrected chi connectivity index (χ2v) is 9.59. The van der Waals surface area contributed by atoms with E-state index in [4.69, 9.17) is 4.52 Å². The first-order valence-corrected chi connectivity index (χ1v) is 11.0. The van der Waals surface area contributed by atoms with E-state index < -0.39 is 11.6 Å². The van der Waals surface area contributed by atoms with E-state index in [0.29, 0.717) is 18.1 Å². The predicted molar refractivity (Wildman–Crippen MR) is 122 cm³/mol. The van der Waals surface area contributed by atoms with E-state index in [1.807, 2.05) is 52.0 Å². The molecule has 0 saturated heterocycles. The lowest BCUT2D eigenvalue weighted by Gasteiger charge is -2.11. The zero-order valence-electron chi connectivity index (χ0n) is 19.2. The number of anilines is 1. The molecule has 2 heterocycles. The van der Waals surface area contributed by atoms with Crippen LogP contribution in [-0.2, 0) is 16.6 Å². The Kier molecular flexibility index (Phi) is 5.86. The summed E-state index contributed by atoms with van der Waals surface area (Å²) in [4.78, 5) is 32.8. The quantitative estimate of drug-likeness (QED) is 0.509. The molecular formula is C25H27FN4O3. The van der Waals surface area contributed by atoms with E-state index in [1.165, 1.54) is 0 Å². The number of alkyl halides is 1. The third-order valence-corrected chi connectivity index (χ3v) is 5.71. The van der Waals surface area contributed by atoms with Crippen LogP contribution >= 0.6 is 0 Å². The van der Waals surface area contributed by atoms with Gasteiger partial charge in [-0.05, 0) is 60.6 Å². The van der Waals surface area contributed by atoms with E-state index in [2.05, 4.69) is 20.4 Å². The lowest BCUT2D eigenvalue weighted by molar-refractivity contribution is -0.122. The molecule has 7 nitrogen and oxygen atoms in total. The van der Waals surface area contributed by atoms with Crippen molar-refractivity contribution in [2.24, 2.45) is 0 Å². The Morgan fingerprint density at radius 2 is 1.88 bits per heavy atom. The Hall–Kier alpha value is -3.42. The minimum atomic E-state index is -1.75. The number of pyridine rings is 1. The normalized spacial score (nSPS) is 14.7. The molecule has 0 bridgehead atoms. The lowest BCUT2D eigenvalue weighted by atomic mass is 9.96. The number of Topliss-reactive ketones (excluding diaryl/α,β-unsaturated/α-hetero) is 1. The predicted octanol–water partition coefficient (Wildman–Crippen LogP) is 4.99. The van der Waals surface area contributed by atoms with Crippen LogP contribution in [0.2, 0.25) is 0 Å². The third-order valence-electron chi connectivity index (χ3n) is 5.71. The number of aryl methyl sites for hydroxylation is 2. The number of ketones is 1. The van der Waals surface area contributed by atoms with Crippen molar-refractivity contribution >= 4 is 17.5 Å². The molecule has 1 N–H and O–H groups in total. The van der Waals surface area contributed by atoms with Gasteiger partial charge < -0.3 is 9.84 Å². The van der Waals surface area contributed by atoms with Gasteiger partial charge in [0.1, 0.15) is 5.82 Å². The van der Waals surface area contributed by atoms with Crippen LogP contribution in [0.3, 0.4) is 0 Å². The molecule has 0 radical (unpaired) electrons. The molecule has 2 aromatic heterocycles. The van der Waals surface area contributed by atoms with Crippen LogP contribution in [0.25, 0.3) is 11.1 Å². The first-order chi connectivity index (χ1) is 15.5. The molecule has 1 aliphatic carbocycles. The molecule has 0 aliphatic heterocycles. The van der Waals surface area contributed by atoms with E-state index >= 15 is 0 Å². The zero-order chi connectivity index (χ0) is 23.8. The van der Waals surface area contributed by atoms with Gasteiger partial charge in [-0.3, -0.25) is 9.59 Å². The van der Waals surface area contributed by atoms with E-state index in [1.54, 1.807) is 12.3 Å². The number of carbonyl (C=O) groups is 2. The first-order valence-electron chi connectivity index (χ1n) is 11.0. The van der Waals surface area contributed by atoms with Crippen molar-refractivity contribution < 1.29 is 18.5 Å². The maximum atomic E-state index is 13.9. The number of nitrogens with one attached hydrogen (secondary N) is 1.